The zero-order valence-electron chi connectivity index (χ0n) is 20.0. The fourth-order valence-electron chi connectivity index (χ4n) is 3.12. The Kier molecular flexibility index (Phi) is 8.19. The first-order chi connectivity index (χ1) is 16.8. The van der Waals surface area contributed by atoms with Gasteiger partial charge < -0.3 is 25.4 Å². The molecular formula is C25H27N7O3. The van der Waals surface area contributed by atoms with Crippen LogP contribution in [-0.4, -0.2) is 52.6 Å². The van der Waals surface area contributed by atoms with Gasteiger partial charge in [0.15, 0.2) is 23.4 Å². The number of allylic oxidation sites excluding steroid dienone is 1. The van der Waals surface area contributed by atoms with E-state index in [-0.39, 0.29) is 29.2 Å². The maximum atomic E-state index is 12.2. The van der Waals surface area contributed by atoms with Crippen LogP contribution in [0.4, 0.5) is 17.6 Å². The Labute approximate surface area is 204 Å². The van der Waals surface area contributed by atoms with Gasteiger partial charge in [-0.1, -0.05) is 24.3 Å². The molecule has 1 aromatic heterocycles. The van der Waals surface area contributed by atoms with Crippen LogP contribution in [0.1, 0.15) is 25.2 Å². The van der Waals surface area contributed by atoms with Crippen LogP contribution in [0.3, 0.4) is 0 Å². The van der Waals surface area contributed by atoms with Gasteiger partial charge in [0, 0.05) is 19.8 Å². The summed E-state index contributed by atoms with van der Waals surface area (Å²) in [6.45, 7) is 3.91. The number of carbonyl (C=O) groups is 1. The van der Waals surface area contributed by atoms with Crippen LogP contribution >= 0.6 is 0 Å². The van der Waals surface area contributed by atoms with E-state index < -0.39 is 6.10 Å². The monoisotopic (exact) mass is 473 g/mol. The molecular weight excluding hydrogens is 446 g/mol. The van der Waals surface area contributed by atoms with Crippen molar-refractivity contribution in [1.82, 2.24) is 19.9 Å². The molecule has 1 amide bonds. The van der Waals surface area contributed by atoms with Crippen LogP contribution in [0, 0.1) is 11.3 Å². The molecule has 0 aliphatic heterocycles. The standard InChI is InChI=1S/C25H27N7O3/c1-5-34-21-14-17(11-12-20(21)35-16(2)23(33)32(3)4)13-18(15-26)22-29-24(27)31-25(30-22)28-19-9-7-6-8-10-19/h6-14,16H,5H2,1-4H3,(H3,27,28,29,30,31)/b18-13+. The van der Waals surface area contributed by atoms with Gasteiger partial charge in [0.2, 0.25) is 11.9 Å². The van der Waals surface area contributed by atoms with E-state index in [0.717, 1.165) is 5.69 Å². The molecule has 2 aromatic carbocycles. The highest BCUT2D eigenvalue weighted by atomic mass is 16.5. The molecule has 3 N–H and O–H groups in total. The molecule has 10 heteroatoms. The van der Waals surface area contributed by atoms with E-state index in [9.17, 15) is 10.1 Å². The predicted molar refractivity (Wildman–Crippen MR) is 134 cm³/mol. The van der Waals surface area contributed by atoms with Crippen molar-refractivity contribution in [2.45, 2.75) is 20.0 Å². The summed E-state index contributed by atoms with van der Waals surface area (Å²) in [4.78, 5) is 26.2. The number of hydrogen-bond acceptors (Lipinski definition) is 9. The molecule has 0 bridgehead atoms. The number of carbonyl (C=O) groups excluding carboxylic acids is 1. The number of hydrogen-bond donors (Lipinski definition) is 2. The van der Waals surface area contributed by atoms with Gasteiger partial charge in [0.25, 0.3) is 5.91 Å². The third kappa shape index (κ3) is 6.68. The van der Waals surface area contributed by atoms with Crippen molar-refractivity contribution in [2.24, 2.45) is 0 Å². The molecule has 0 radical (unpaired) electrons. The van der Waals surface area contributed by atoms with E-state index in [1.165, 1.54) is 4.90 Å². The Morgan fingerprint density at radius 3 is 2.57 bits per heavy atom. The first-order valence-electron chi connectivity index (χ1n) is 10.9. The van der Waals surface area contributed by atoms with Crippen molar-refractivity contribution in [1.29, 1.82) is 5.26 Å². The summed E-state index contributed by atoms with van der Waals surface area (Å²) >= 11 is 0. The number of nitrogens with zero attached hydrogens (tertiary/aromatic N) is 5. The maximum absolute atomic E-state index is 12.2. The number of rotatable bonds is 9. The minimum absolute atomic E-state index is 0.0205. The summed E-state index contributed by atoms with van der Waals surface area (Å²) in [5.41, 5.74) is 7.47. The Morgan fingerprint density at radius 2 is 1.91 bits per heavy atom. The lowest BCUT2D eigenvalue weighted by atomic mass is 10.1. The lowest BCUT2D eigenvalue weighted by Gasteiger charge is -2.20. The summed E-state index contributed by atoms with van der Waals surface area (Å²) < 4.78 is 11.5. The van der Waals surface area contributed by atoms with E-state index in [0.29, 0.717) is 23.7 Å². The number of ether oxygens (including phenoxy) is 2. The normalized spacial score (nSPS) is 11.8. The zero-order valence-corrected chi connectivity index (χ0v) is 20.0. The second-order valence-electron chi connectivity index (χ2n) is 7.63. The lowest BCUT2D eigenvalue weighted by molar-refractivity contribution is -0.135. The van der Waals surface area contributed by atoms with Crippen LogP contribution in [0.15, 0.2) is 48.5 Å². The highest BCUT2D eigenvalue weighted by Crippen LogP contribution is 2.31. The number of nitrogen functional groups attached to an aromatic ring is 1. The average molecular weight is 474 g/mol. The van der Waals surface area contributed by atoms with Gasteiger partial charge in [-0.2, -0.15) is 20.2 Å². The third-order valence-corrected chi connectivity index (χ3v) is 4.71. The van der Waals surface area contributed by atoms with E-state index in [4.69, 9.17) is 15.2 Å². The van der Waals surface area contributed by atoms with Gasteiger partial charge in [-0.3, -0.25) is 4.79 Å². The highest BCUT2D eigenvalue weighted by molar-refractivity contribution is 5.88. The predicted octanol–water partition coefficient (Wildman–Crippen LogP) is 3.52. The lowest BCUT2D eigenvalue weighted by Crippen LogP contribution is -2.35. The fourth-order valence-corrected chi connectivity index (χ4v) is 3.12. The Bertz CT molecular complexity index is 1250. The number of benzene rings is 2. The summed E-state index contributed by atoms with van der Waals surface area (Å²) in [6.07, 6.45) is 0.922. The third-order valence-electron chi connectivity index (χ3n) is 4.71. The number of para-hydroxylation sites is 1. The summed E-state index contributed by atoms with van der Waals surface area (Å²) in [6, 6.07) is 16.6. The second-order valence-corrected chi connectivity index (χ2v) is 7.63. The van der Waals surface area contributed by atoms with E-state index in [1.807, 2.05) is 37.3 Å². The molecule has 10 nitrogen and oxygen atoms in total. The summed E-state index contributed by atoms with van der Waals surface area (Å²) in [5.74, 6) is 1.02. The summed E-state index contributed by atoms with van der Waals surface area (Å²) in [5, 5.41) is 12.8. The molecule has 1 atom stereocenters. The van der Waals surface area contributed by atoms with Crippen molar-refractivity contribution in [3.8, 4) is 17.6 Å². The Morgan fingerprint density at radius 1 is 1.17 bits per heavy atom. The molecule has 0 saturated heterocycles. The van der Waals surface area contributed by atoms with Gasteiger partial charge >= 0.3 is 0 Å². The molecule has 3 aromatic rings. The van der Waals surface area contributed by atoms with E-state index in [2.05, 4.69) is 26.3 Å². The molecule has 0 aliphatic rings. The van der Waals surface area contributed by atoms with Crippen molar-refractivity contribution >= 4 is 35.1 Å². The smallest absolute Gasteiger partial charge is 0.262 e. The van der Waals surface area contributed by atoms with Crippen LogP contribution < -0.4 is 20.5 Å². The van der Waals surface area contributed by atoms with Crippen molar-refractivity contribution < 1.29 is 14.3 Å². The topological polar surface area (TPSA) is 139 Å². The SMILES string of the molecule is CCOc1cc(/C=C(\C#N)c2nc(N)nc(Nc3ccccc3)n2)ccc1OC(C)C(=O)N(C)C. The van der Waals surface area contributed by atoms with E-state index in [1.54, 1.807) is 45.3 Å². The number of nitrogens with one attached hydrogen (secondary N) is 1. The molecule has 180 valence electrons. The number of nitrogens with two attached hydrogens (primary N) is 1. The molecule has 1 unspecified atom stereocenters. The van der Waals surface area contributed by atoms with Crippen LogP contribution in [0.2, 0.25) is 0 Å². The average Bonchev–Trinajstić information content (AvgIpc) is 2.83. The number of aromatic nitrogens is 3. The molecule has 0 aliphatic carbocycles. The highest BCUT2D eigenvalue weighted by Gasteiger charge is 2.19. The molecule has 0 fully saturated rings. The minimum Gasteiger partial charge on any atom is -0.490 e. The fraction of sp³-hybridized carbons (Fsp3) is 0.240. The first kappa shape index (κ1) is 25.0. The largest absolute Gasteiger partial charge is 0.490 e. The Balaban J connectivity index is 1.91. The second kappa shape index (κ2) is 11.5. The summed E-state index contributed by atoms with van der Waals surface area (Å²) in [7, 11) is 3.33. The van der Waals surface area contributed by atoms with Crippen molar-refractivity contribution in [3.05, 3.63) is 59.9 Å². The van der Waals surface area contributed by atoms with Gasteiger partial charge in [-0.05, 0) is 49.8 Å². The van der Waals surface area contributed by atoms with Gasteiger partial charge in [0.05, 0.1) is 12.2 Å². The van der Waals surface area contributed by atoms with Crippen LogP contribution in [-0.2, 0) is 4.79 Å². The van der Waals surface area contributed by atoms with Crippen molar-refractivity contribution in [3.63, 3.8) is 0 Å². The number of likely N-dealkylation sites (N-methyl/N-ethyl adjacent to an activating group) is 1. The molecule has 0 saturated carbocycles. The molecule has 0 spiro atoms. The van der Waals surface area contributed by atoms with Gasteiger partial charge in [-0.25, -0.2) is 0 Å². The van der Waals surface area contributed by atoms with Gasteiger partial charge in [-0.15, -0.1) is 0 Å². The van der Waals surface area contributed by atoms with Crippen LogP contribution in [0.5, 0.6) is 11.5 Å². The molecule has 1 heterocycles. The number of amides is 1. The van der Waals surface area contributed by atoms with Crippen LogP contribution in [0.25, 0.3) is 11.6 Å². The molecule has 35 heavy (non-hydrogen) atoms. The number of anilines is 3. The quantitative estimate of drug-likeness (QED) is 0.447. The van der Waals surface area contributed by atoms with Gasteiger partial charge in [0.1, 0.15) is 6.07 Å². The van der Waals surface area contributed by atoms with Crippen molar-refractivity contribution in [2.75, 3.05) is 31.8 Å². The Hall–Kier alpha value is -4.65. The molecule has 3 rings (SSSR count). The minimum atomic E-state index is -0.691. The zero-order chi connectivity index (χ0) is 25.4. The number of nitriles is 1. The van der Waals surface area contributed by atoms with E-state index >= 15 is 0 Å². The maximum Gasteiger partial charge on any atom is 0.262 e. The first-order valence-corrected chi connectivity index (χ1v) is 10.9.